The van der Waals surface area contributed by atoms with Crippen LogP contribution in [0, 0.1) is 0 Å². The first-order valence-corrected chi connectivity index (χ1v) is 11.4. The van der Waals surface area contributed by atoms with E-state index in [1.807, 2.05) is 16.8 Å². The van der Waals surface area contributed by atoms with E-state index in [9.17, 15) is 13.2 Å². The largest absolute Gasteiger partial charge is 0.418 e. The number of H-pyrrole nitrogens is 1. The van der Waals surface area contributed by atoms with Crippen LogP contribution in [0.25, 0.3) is 17.2 Å². The van der Waals surface area contributed by atoms with Crippen molar-refractivity contribution in [3.8, 4) is 17.2 Å². The summed E-state index contributed by atoms with van der Waals surface area (Å²) in [6, 6.07) is 8.37. The molecule has 8 nitrogen and oxygen atoms in total. The van der Waals surface area contributed by atoms with Gasteiger partial charge in [-0.25, -0.2) is 14.8 Å². The number of nitrogens with one attached hydrogen (secondary N) is 1. The fourth-order valence-corrected chi connectivity index (χ4v) is 3.83. The molecule has 0 spiro atoms. The minimum Gasteiger partial charge on any atom is -0.313 e. The van der Waals surface area contributed by atoms with Crippen LogP contribution >= 0.6 is 0 Å². The van der Waals surface area contributed by atoms with Crippen LogP contribution in [-0.2, 0) is 25.6 Å². The Morgan fingerprint density at radius 3 is 2.35 bits per heavy atom. The maximum Gasteiger partial charge on any atom is 0.418 e. The van der Waals surface area contributed by atoms with Crippen molar-refractivity contribution in [2.45, 2.75) is 65.1 Å². The fraction of sp³-hybridized carbons (Fsp3) is 0.435. The zero-order valence-corrected chi connectivity index (χ0v) is 19.2. The zero-order chi connectivity index (χ0) is 24.1. The van der Waals surface area contributed by atoms with E-state index < -0.39 is 11.7 Å². The molecular weight excluding hydrogens is 445 g/mol. The summed E-state index contributed by atoms with van der Waals surface area (Å²) in [6.45, 7) is 4.84. The van der Waals surface area contributed by atoms with Crippen LogP contribution in [0.1, 0.15) is 62.3 Å². The number of halogens is 3. The van der Waals surface area contributed by atoms with Gasteiger partial charge in [-0.15, -0.1) is 5.10 Å². The van der Waals surface area contributed by atoms with Gasteiger partial charge in [0.25, 0.3) is 0 Å². The summed E-state index contributed by atoms with van der Waals surface area (Å²) in [5.41, 5.74) is 0.612. The molecule has 0 aliphatic rings. The van der Waals surface area contributed by atoms with Crippen molar-refractivity contribution in [3.05, 3.63) is 59.3 Å². The molecule has 0 amide bonds. The molecule has 4 rings (SSSR count). The maximum atomic E-state index is 13.6. The molecule has 11 heteroatoms. The van der Waals surface area contributed by atoms with Gasteiger partial charge in [0.15, 0.2) is 11.6 Å². The third kappa shape index (κ3) is 5.18. The predicted octanol–water partition coefficient (Wildman–Crippen LogP) is 5.00. The van der Waals surface area contributed by atoms with Crippen LogP contribution in [0.3, 0.4) is 0 Å². The number of aromatic nitrogens is 8. The topological polar surface area (TPSA) is 90.1 Å². The molecule has 1 N–H and O–H groups in total. The lowest BCUT2D eigenvalue weighted by Gasteiger charge is -2.12. The van der Waals surface area contributed by atoms with Gasteiger partial charge in [0.2, 0.25) is 0 Å². The molecule has 3 aromatic heterocycles. The Labute approximate surface area is 195 Å². The van der Waals surface area contributed by atoms with Crippen molar-refractivity contribution in [1.82, 2.24) is 40.0 Å². The maximum absolute atomic E-state index is 13.6. The molecule has 3 heterocycles. The molecule has 0 saturated carbocycles. The third-order valence-corrected chi connectivity index (χ3v) is 5.61. The molecule has 0 aliphatic heterocycles. The van der Waals surface area contributed by atoms with Gasteiger partial charge >= 0.3 is 6.18 Å². The molecule has 0 unspecified atom stereocenters. The second-order valence-electron chi connectivity index (χ2n) is 8.17. The Morgan fingerprint density at radius 1 is 0.971 bits per heavy atom. The minimum atomic E-state index is -4.54. The zero-order valence-electron chi connectivity index (χ0n) is 19.2. The van der Waals surface area contributed by atoms with Crippen molar-refractivity contribution in [2.75, 3.05) is 0 Å². The molecule has 0 radical (unpaired) electrons. The van der Waals surface area contributed by atoms with E-state index in [2.05, 4.69) is 34.5 Å². The highest BCUT2D eigenvalue weighted by Crippen LogP contribution is 2.37. The number of benzene rings is 1. The molecule has 180 valence electrons. The van der Waals surface area contributed by atoms with Crippen LogP contribution in [0.15, 0.2) is 36.5 Å². The Kier molecular flexibility index (Phi) is 7.09. The van der Waals surface area contributed by atoms with Gasteiger partial charge in [0, 0.05) is 24.7 Å². The summed E-state index contributed by atoms with van der Waals surface area (Å²) >= 11 is 0. The van der Waals surface area contributed by atoms with Gasteiger partial charge < -0.3 is 4.57 Å². The van der Waals surface area contributed by atoms with Crippen LogP contribution in [0.4, 0.5) is 13.2 Å². The summed E-state index contributed by atoms with van der Waals surface area (Å²) < 4.78 is 44.1. The average Bonchev–Trinajstić information content (AvgIpc) is 3.56. The molecule has 4 aromatic rings. The highest BCUT2D eigenvalue weighted by molar-refractivity contribution is 5.61. The van der Waals surface area contributed by atoms with Gasteiger partial charge in [-0.1, -0.05) is 38.8 Å². The van der Waals surface area contributed by atoms with E-state index in [0.717, 1.165) is 61.8 Å². The van der Waals surface area contributed by atoms with E-state index in [1.54, 1.807) is 12.1 Å². The van der Waals surface area contributed by atoms with Crippen molar-refractivity contribution in [3.63, 3.8) is 0 Å². The average molecular weight is 473 g/mol. The van der Waals surface area contributed by atoms with E-state index >= 15 is 0 Å². The molecule has 0 fully saturated rings. The Balaban J connectivity index is 1.61. The van der Waals surface area contributed by atoms with Gasteiger partial charge in [-0.2, -0.15) is 18.3 Å². The molecule has 0 aliphatic carbocycles. The van der Waals surface area contributed by atoms with Gasteiger partial charge in [0.05, 0.1) is 12.1 Å². The summed E-state index contributed by atoms with van der Waals surface area (Å²) in [5.74, 6) is 1.78. The lowest BCUT2D eigenvalue weighted by molar-refractivity contribution is -0.137. The highest BCUT2D eigenvalue weighted by atomic mass is 19.4. The first-order chi connectivity index (χ1) is 16.4. The number of rotatable bonds is 10. The summed E-state index contributed by atoms with van der Waals surface area (Å²) in [4.78, 5) is 4.73. The smallest absolute Gasteiger partial charge is 0.313 e. The van der Waals surface area contributed by atoms with E-state index in [1.165, 1.54) is 10.8 Å². The summed E-state index contributed by atoms with van der Waals surface area (Å²) in [7, 11) is 0. The van der Waals surface area contributed by atoms with E-state index in [0.29, 0.717) is 12.2 Å². The number of tetrazole rings is 1. The van der Waals surface area contributed by atoms with Gasteiger partial charge in [-0.3, -0.25) is 0 Å². The van der Waals surface area contributed by atoms with Crippen molar-refractivity contribution in [2.24, 2.45) is 0 Å². The molecule has 0 bridgehead atoms. The van der Waals surface area contributed by atoms with Crippen molar-refractivity contribution < 1.29 is 13.2 Å². The number of hydrogen-bond acceptors (Lipinski definition) is 5. The predicted molar refractivity (Wildman–Crippen MR) is 120 cm³/mol. The van der Waals surface area contributed by atoms with Crippen molar-refractivity contribution >= 4 is 0 Å². The number of aryl methyl sites for hydroxylation is 2. The Hall–Kier alpha value is -3.50. The summed E-state index contributed by atoms with van der Waals surface area (Å²) in [6.07, 6.45) is 2.81. The van der Waals surface area contributed by atoms with Crippen LogP contribution in [0.2, 0.25) is 0 Å². The Morgan fingerprint density at radius 2 is 1.71 bits per heavy atom. The lowest BCUT2D eigenvalue weighted by atomic mass is 10.2. The van der Waals surface area contributed by atoms with E-state index in [-0.39, 0.29) is 11.5 Å². The number of hydrogen-bond donors (Lipinski definition) is 1. The van der Waals surface area contributed by atoms with Crippen molar-refractivity contribution in [1.29, 1.82) is 0 Å². The second kappa shape index (κ2) is 10.2. The standard InChI is InChI=1S/C23H27F3N8/c1-3-5-7-19-27-20(8-6-4-2)34(30-19)15-16-9-11-17(12-10-16)33-14-13-18(23(24,25)26)21(33)22-28-31-32-29-22/h9-14H,3-8,15H2,1-2H3,(H,28,29,31,32). The number of alkyl halides is 3. The number of aromatic amines is 1. The number of nitrogens with zero attached hydrogens (tertiary/aromatic N) is 7. The Bertz CT molecular complexity index is 1190. The normalized spacial score (nSPS) is 11.9. The third-order valence-electron chi connectivity index (χ3n) is 5.61. The first-order valence-electron chi connectivity index (χ1n) is 11.4. The lowest BCUT2D eigenvalue weighted by Crippen LogP contribution is -2.09. The summed E-state index contributed by atoms with van der Waals surface area (Å²) in [5, 5.41) is 17.7. The van der Waals surface area contributed by atoms with Gasteiger partial charge in [-0.05, 0) is 47.0 Å². The van der Waals surface area contributed by atoms with Crippen LogP contribution in [-0.4, -0.2) is 40.0 Å². The minimum absolute atomic E-state index is 0.0517. The van der Waals surface area contributed by atoms with Crippen LogP contribution < -0.4 is 0 Å². The second-order valence-corrected chi connectivity index (χ2v) is 8.17. The first kappa shape index (κ1) is 23.7. The molecule has 34 heavy (non-hydrogen) atoms. The monoisotopic (exact) mass is 472 g/mol. The molecule has 1 aromatic carbocycles. The van der Waals surface area contributed by atoms with Gasteiger partial charge in [0.1, 0.15) is 11.5 Å². The number of unbranched alkanes of at least 4 members (excludes halogenated alkanes) is 2. The molecular formula is C23H27F3N8. The fourth-order valence-electron chi connectivity index (χ4n) is 3.83. The highest BCUT2D eigenvalue weighted by Gasteiger charge is 2.37. The van der Waals surface area contributed by atoms with E-state index in [4.69, 9.17) is 10.1 Å². The SMILES string of the molecule is CCCCc1nc(CCCC)n(Cc2ccc(-n3ccc(C(F)(F)F)c3-c3nnn[nH]3)cc2)n1. The quantitative estimate of drug-likeness (QED) is 0.351. The van der Waals surface area contributed by atoms with Crippen LogP contribution in [0.5, 0.6) is 0 Å². The molecule has 0 atom stereocenters. The molecule has 0 saturated heterocycles.